The highest BCUT2D eigenvalue weighted by atomic mass is 79.9. The minimum absolute atomic E-state index is 0.142. The molecule has 0 aliphatic heterocycles. The largest absolute Gasteiger partial charge is 0.326 e. The van der Waals surface area contributed by atoms with Gasteiger partial charge in [0.25, 0.3) is 0 Å². The highest BCUT2D eigenvalue weighted by Crippen LogP contribution is 2.21. The Bertz CT molecular complexity index is 373. The first kappa shape index (κ1) is 15.2. The van der Waals surface area contributed by atoms with Crippen LogP contribution in [0.25, 0.3) is 0 Å². The molecule has 1 amide bonds. The Labute approximate surface area is 118 Å². The summed E-state index contributed by atoms with van der Waals surface area (Å²) in [7, 11) is 0. The molecule has 1 aromatic carbocycles. The summed E-state index contributed by atoms with van der Waals surface area (Å²) in [6, 6.07) is 7.93. The van der Waals surface area contributed by atoms with E-state index in [9.17, 15) is 4.79 Å². The van der Waals surface area contributed by atoms with E-state index >= 15 is 0 Å². The Morgan fingerprint density at radius 2 is 1.83 bits per heavy atom. The van der Waals surface area contributed by atoms with Gasteiger partial charge in [0.05, 0.1) is 0 Å². The number of amides is 1. The minimum Gasteiger partial charge on any atom is -0.326 e. The molecule has 3 heteroatoms. The summed E-state index contributed by atoms with van der Waals surface area (Å²) in [6.45, 7) is 4.25. The zero-order valence-electron chi connectivity index (χ0n) is 11.2. The second-order valence-corrected chi connectivity index (χ2v) is 5.12. The minimum atomic E-state index is 0.142. The average Bonchev–Trinajstić information content (AvgIpc) is 2.39. The van der Waals surface area contributed by atoms with Gasteiger partial charge in [0.2, 0.25) is 5.91 Å². The monoisotopic (exact) mass is 311 g/mol. The van der Waals surface area contributed by atoms with Crippen molar-refractivity contribution in [3.8, 4) is 0 Å². The van der Waals surface area contributed by atoms with E-state index in [0.717, 1.165) is 42.3 Å². The van der Waals surface area contributed by atoms with E-state index in [0.29, 0.717) is 0 Å². The molecule has 1 rings (SSSR count). The van der Waals surface area contributed by atoms with Gasteiger partial charge < -0.3 is 5.32 Å². The number of rotatable bonds is 7. The van der Waals surface area contributed by atoms with E-state index < -0.39 is 0 Å². The Hall–Kier alpha value is -0.830. The van der Waals surface area contributed by atoms with Gasteiger partial charge in [-0.25, -0.2) is 0 Å². The Morgan fingerprint density at radius 1 is 1.22 bits per heavy atom. The molecular weight excluding hydrogens is 290 g/mol. The Balaban J connectivity index is 2.72. The molecule has 0 fully saturated rings. The number of anilines is 1. The zero-order chi connectivity index (χ0) is 13.4. The number of nitrogens with one attached hydrogen (secondary N) is 1. The van der Waals surface area contributed by atoms with Crippen LogP contribution in [-0.2, 0) is 10.1 Å². The maximum atomic E-state index is 12.2. The summed E-state index contributed by atoms with van der Waals surface area (Å²) >= 11 is 3.45. The van der Waals surface area contributed by atoms with Crippen molar-refractivity contribution < 1.29 is 4.79 Å². The molecule has 1 N–H and O–H groups in total. The third kappa shape index (κ3) is 4.45. The Morgan fingerprint density at radius 3 is 2.39 bits per heavy atom. The van der Waals surface area contributed by atoms with Gasteiger partial charge in [-0.15, -0.1) is 0 Å². The van der Waals surface area contributed by atoms with Gasteiger partial charge in [0.1, 0.15) is 0 Å². The number of halogens is 1. The SMILES string of the molecule is CCCC(CCC)C(=O)Nc1ccccc1CBr. The third-order valence-corrected chi connectivity index (χ3v) is 3.67. The fourth-order valence-electron chi connectivity index (χ4n) is 2.10. The van der Waals surface area contributed by atoms with Crippen molar-refractivity contribution in [3.05, 3.63) is 29.8 Å². The third-order valence-electron chi connectivity index (χ3n) is 3.06. The van der Waals surface area contributed by atoms with Gasteiger partial charge in [0.15, 0.2) is 0 Å². The second kappa shape index (κ2) is 8.30. The number of carbonyl (C=O) groups excluding carboxylic acids is 1. The van der Waals surface area contributed by atoms with Crippen molar-refractivity contribution in [1.29, 1.82) is 0 Å². The van der Waals surface area contributed by atoms with Crippen molar-refractivity contribution in [2.45, 2.75) is 44.9 Å². The van der Waals surface area contributed by atoms with Crippen LogP contribution >= 0.6 is 15.9 Å². The normalized spacial score (nSPS) is 10.7. The number of carbonyl (C=O) groups is 1. The van der Waals surface area contributed by atoms with Gasteiger partial charge >= 0.3 is 0 Å². The molecule has 0 atom stereocenters. The van der Waals surface area contributed by atoms with E-state index in [2.05, 4.69) is 35.1 Å². The molecule has 0 radical (unpaired) electrons. The summed E-state index contributed by atoms with van der Waals surface area (Å²) in [5, 5.41) is 3.82. The predicted molar refractivity (Wildman–Crippen MR) is 81.0 cm³/mol. The summed E-state index contributed by atoms with van der Waals surface area (Å²) in [6.07, 6.45) is 4.04. The van der Waals surface area contributed by atoms with Gasteiger partial charge in [0, 0.05) is 16.9 Å². The molecule has 2 nitrogen and oxygen atoms in total. The topological polar surface area (TPSA) is 29.1 Å². The number of benzene rings is 1. The first-order valence-corrected chi connectivity index (χ1v) is 7.79. The maximum Gasteiger partial charge on any atom is 0.227 e. The van der Waals surface area contributed by atoms with E-state index in [1.807, 2.05) is 24.3 Å². The fraction of sp³-hybridized carbons (Fsp3) is 0.533. The molecule has 1 aromatic rings. The molecule has 0 aliphatic carbocycles. The number of hydrogen-bond donors (Lipinski definition) is 1. The lowest BCUT2D eigenvalue weighted by Gasteiger charge is -2.16. The van der Waals surface area contributed by atoms with Crippen LogP contribution in [0.4, 0.5) is 5.69 Å². The molecule has 0 unspecified atom stereocenters. The second-order valence-electron chi connectivity index (χ2n) is 4.55. The van der Waals surface area contributed by atoms with E-state index in [4.69, 9.17) is 0 Å². The van der Waals surface area contributed by atoms with Crippen LogP contribution in [0.5, 0.6) is 0 Å². The molecular formula is C15H22BrNO. The maximum absolute atomic E-state index is 12.2. The number of alkyl halides is 1. The van der Waals surface area contributed by atoms with Crippen LogP contribution in [0, 0.1) is 5.92 Å². The lowest BCUT2D eigenvalue weighted by Crippen LogP contribution is -2.23. The Kier molecular flexibility index (Phi) is 7.02. The number of hydrogen-bond acceptors (Lipinski definition) is 1. The van der Waals surface area contributed by atoms with Crippen LogP contribution < -0.4 is 5.32 Å². The van der Waals surface area contributed by atoms with Crippen LogP contribution in [-0.4, -0.2) is 5.91 Å². The van der Waals surface area contributed by atoms with Crippen molar-refractivity contribution in [3.63, 3.8) is 0 Å². The molecule has 18 heavy (non-hydrogen) atoms. The lowest BCUT2D eigenvalue weighted by atomic mass is 9.97. The molecule has 0 spiro atoms. The quantitative estimate of drug-likeness (QED) is 0.724. The standard InChI is InChI=1S/C15H22BrNO/c1-3-7-12(8-4-2)15(18)17-14-10-6-5-9-13(14)11-16/h5-6,9-10,12H,3-4,7-8,11H2,1-2H3,(H,17,18). The summed E-state index contributed by atoms with van der Waals surface area (Å²) in [4.78, 5) is 12.2. The van der Waals surface area contributed by atoms with Gasteiger partial charge in [-0.1, -0.05) is 60.8 Å². The predicted octanol–water partition coefficient (Wildman–Crippen LogP) is 4.74. The van der Waals surface area contributed by atoms with Crippen molar-refractivity contribution in [1.82, 2.24) is 0 Å². The molecule has 0 heterocycles. The van der Waals surface area contributed by atoms with Crippen molar-refractivity contribution in [2.24, 2.45) is 5.92 Å². The highest BCUT2D eigenvalue weighted by molar-refractivity contribution is 9.08. The summed E-state index contributed by atoms with van der Waals surface area (Å²) in [5.74, 6) is 0.301. The van der Waals surface area contributed by atoms with Crippen LogP contribution in [0.15, 0.2) is 24.3 Å². The average molecular weight is 312 g/mol. The molecule has 0 aromatic heterocycles. The summed E-state index contributed by atoms with van der Waals surface area (Å²) < 4.78 is 0. The molecule has 0 aliphatic rings. The van der Waals surface area contributed by atoms with Gasteiger partial charge in [-0.2, -0.15) is 0 Å². The van der Waals surface area contributed by atoms with Crippen LogP contribution in [0.1, 0.15) is 45.1 Å². The highest BCUT2D eigenvalue weighted by Gasteiger charge is 2.17. The first-order valence-electron chi connectivity index (χ1n) is 6.67. The smallest absolute Gasteiger partial charge is 0.227 e. The van der Waals surface area contributed by atoms with E-state index in [-0.39, 0.29) is 11.8 Å². The fourth-order valence-corrected chi connectivity index (χ4v) is 2.59. The van der Waals surface area contributed by atoms with Crippen LogP contribution in [0.2, 0.25) is 0 Å². The van der Waals surface area contributed by atoms with E-state index in [1.54, 1.807) is 0 Å². The van der Waals surface area contributed by atoms with Crippen LogP contribution in [0.3, 0.4) is 0 Å². The molecule has 100 valence electrons. The van der Waals surface area contributed by atoms with Crippen molar-refractivity contribution in [2.75, 3.05) is 5.32 Å². The van der Waals surface area contributed by atoms with Gasteiger partial charge in [-0.05, 0) is 24.5 Å². The zero-order valence-corrected chi connectivity index (χ0v) is 12.8. The van der Waals surface area contributed by atoms with E-state index in [1.165, 1.54) is 0 Å². The van der Waals surface area contributed by atoms with Crippen molar-refractivity contribution >= 4 is 27.5 Å². The molecule has 0 bridgehead atoms. The molecule has 0 saturated carbocycles. The molecule has 0 saturated heterocycles. The first-order chi connectivity index (χ1) is 8.72. The van der Waals surface area contributed by atoms with Gasteiger partial charge in [-0.3, -0.25) is 4.79 Å². The summed E-state index contributed by atoms with van der Waals surface area (Å²) in [5.41, 5.74) is 2.05. The lowest BCUT2D eigenvalue weighted by molar-refractivity contribution is -0.120. The number of para-hydroxylation sites is 1.